The highest BCUT2D eigenvalue weighted by Gasteiger charge is 2.46. The van der Waals surface area contributed by atoms with E-state index in [1.54, 1.807) is 26.0 Å². The fourth-order valence-corrected chi connectivity index (χ4v) is 10.1. The van der Waals surface area contributed by atoms with E-state index in [0.717, 1.165) is 73.3 Å². The van der Waals surface area contributed by atoms with Crippen molar-refractivity contribution in [2.45, 2.75) is 102 Å². The summed E-state index contributed by atoms with van der Waals surface area (Å²) < 4.78 is 47.7. The highest BCUT2D eigenvalue weighted by Crippen LogP contribution is 2.60. The number of thiol groups is 1. The first kappa shape index (κ1) is 59.8. The van der Waals surface area contributed by atoms with Crippen LogP contribution in [0.5, 0.6) is 0 Å². The third kappa shape index (κ3) is 16.1. The van der Waals surface area contributed by atoms with Crippen LogP contribution in [0.25, 0.3) is 33.7 Å². The first-order valence-corrected chi connectivity index (χ1v) is 28.2. The second-order valence-electron chi connectivity index (χ2n) is 17.8. The molecule has 1 fully saturated rings. The van der Waals surface area contributed by atoms with Crippen LogP contribution in [0.15, 0.2) is 78.6 Å². The molecule has 2 aromatic carbocycles. The number of aliphatic imine (C=N–C) groups is 4. The summed E-state index contributed by atoms with van der Waals surface area (Å²) in [5, 5.41) is 57.3. The number of phosphoric acid groups is 2. The number of rotatable bonds is 29. The number of phosphoric ester groups is 2. The van der Waals surface area contributed by atoms with Gasteiger partial charge in [-0.2, -0.15) is 21.9 Å². The normalized spacial score (nSPS) is 20.0. The maximum Gasteiger partial charge on any atom is 0.481 e. The molecule has 7 rings (SSSR count). The van der Waals surface area contributed by atoms with Gasteiger partial charge in [-0.15, -0.1) is 0 Å². The van der Waals surface area contributed by atoms with E-state index < -0.39 is 89.5 Å². The molecule has 3 aliphatic rings. The fraction of sp³-hybridized carbons (Fsp3) is 0.468. The van der Waals surface area contributed by atoms with E-state index in [-0.39, 0.29) is 22.7 Å². The molecule has 3 aliphatic heterocycles. The first-order valence-electron chi connectivity index (χ1n) is 24.6. The van der Waals surface area contributed by atoms with Gasteiger partial charge in [0.25, 0.3) is 5.56 Å². The Morgan fingerprint density at radius 3 is 2.17 bits per heavy atom. The van der Waals surface area contributed by atoms with Gasteiger partial charge in [0.05, 0.1) is 55.0 Å². The number of aromatic amines is 1. The van der Waals surface area contributed by atoms with Crippen LogP contribution in [0.4, 0.5) is 17.2 Å². The number of aliphatic hydroxyl groups is 5. The average Bonchev–Trinajstić information content (AvgIpc) is 4.03. The summed E-state index contributed by atoms with van der Waals surface area (Å²) in [6.45, 7) is 2.32. The number of nitrogens with zero attached hydrogens (tertiary/aromatic N) is 11. The molecule has 9 N–H and O–H groups in total. The molecule has 31 heteroatoms. The quantitative estimate of drug-likeness (QED) is 0.0106. The van der Waals surface area contributed by atoms with Crippen LogP contribution in [0.2, 0.25) is 0 Å². The predicted octanol–water partition coefficient (Wildman–Crippen LogP) is 2.92. The van der Waals surface area contributed by atoms with Gasteiger partial charge < -0.3 is 49.9 Å². The molecule has 78 heavy (non-hydrogen) atoms. The zero-order valence-corrected chi connectivity index (χ0v) is 45.0. The second kappa shape index (κ2) is 27.8. The lowest BCUT2D eigenvalue weighted by atomic mass is 10.1. The van der Waals surface area contributed by atoms with Crippen molar-refractivity contribution in [3.63, 3.8) is 0 Å². The van der Waals surface area contributed by atoms with E-state index >= 15 is 0 Å². The lowest BCUT2D eigenvalue weighted by Gasteiger charge is -2.26. The molecule has 0 radical (unpaired) electrons. The van der Waals surface area contributed by atoms with Gasteiger partial charge >= 0.3 is 21.3 Å². The summed E-state index contributed by atoms with van der Waals surface area (Å²) in [6, 6.07) is 11.0. The van der Waals surface area contributed by atoms with E-state index in [0.29, 0.717) is 29.9 Å². The maximum atomic E-state index is 12.8. The van der Waals surface area contributed by atoms with Crippen molar-refractivity contribution >= 4 is 92.5 Å². The number of hydrogen-bond acceptors (Lipinski definition) is 24. The smallest absolute Gasteiger partial charge is 0.388 e. The number of H-pyrrole nitrogens is 1. The van der Waals surface area contributed by atoms with Crippen LogP contribution in [0.3, 0.4) is 0 Å². The average molecular weight is 1140 g/mol. The van der Waals surface area contributed by atoms with Crippen molar-refractivity contribution in [1.29, 1.82) is 0 Å². The number of hydrogen-bond donors (Lipinski definition) is 10. The Kier molecular flexibility index (Phi) is 21.3. The van der Waals surface area contributed by atoms with Crippen molar-refractivity contribution < 1.29 is 62.5 Å². The van der Waals surface area contributed by atoms with E-state index in [1.807, 2.05) is 54.1 Å². The molecule has 5 heterocycles. The maximum absolute atomic E-state index is 12.8. The van der Waals surface area contributed by atoms with Gasteiger partial charge in [0.15, 0.2) is 34.7 Å². The topological polar surface area (TPSA) is 398 Å². The fourth-order valence-electron chi connectivity index (χ4n) is 7.89. The number of anilines is 1. The summed E-state index contributed by atoms with van der Waals surface area (Å²) >= 11 is 4.14. The molecule has 1 saturated heterocycles. The van der Waals surface area contributed by atoms with Crippen LogP contribution in [-0.2, 0) is 33.8 Å². The lowest BCUT2D eigenvalue weighted by molar-refractivity contribution is -0.0794. The molecule has 4 aromatic rings. The van der Waals surface area contributed by atoms with Crippen LogP contribution >= 0.6 is 28.3 Å². The van der Waals surface area contributed by atoms with E-state index in [1.165, 1.54) is 21.8 Å². The molecule has 0 bridgehead atoms. The Labute approximate surface area is 450 Å². The molecule has 2 unspecified atom stereocenters. The molecule has 2 aromatic heterocycles. The Morgan fingerprint density at radius 2 is 1.49 bits per heavy atom. The molecule has 420 valence electrons. The highest BCUT2D eigenvalue weighted by molar-refractivity contribution is 7.80. The van der Waals surface area contributed by atoms with Gasteiger partial charge in [0, 0.05) is 31.3 Å². The van der Waals surface area contributed by atoms with Crippen LogP contribution in [0, 0.1) is 13.8 Å². The minimum absolute atomic E-state index is 0.192. The molecular formula is C47H61N13O15P2S. The SMILES string of the molecule is Cc1cc2nc3c(=O)[nH]c(=O)nc-3n(C[C@H](O)[C@H](O)[C@H](O)COP(=O)(O)OP(=O)(O)OC[C@H]3O[C@@H](n4cnc5c(NCCN=CCCCC=Nc6ccc(N=CCCCC=NCCS)cc6)ncnc54)[C@H](O)[C@@H]3O)c2cc1C. The summed E-state index contributed by atoms with van der Waals surface area (Å²) in [5.74, 6) is 0.853. The Balaban J connectivity index is 0.829. The summed E-state index contributed by atoms with van der Waals surface area (Å²) in [4.78, 5) is 86.1. The van der Waals surface area contributed by atoms with Crippen molar-refractivity contribution in [1.82, 2.24) is 39.0 Å². The predicted molar refractivity (Wildman–Crippen MR) is 292 cm³/mol. The summed E-state index contributed by atoms with van der Waals surface area (Å²) in [5.41, 5.74) is 2.22. The van der Waals surface area contributed by atoms with Crippen LogP contribution < -0.4 is 16.6 Å². The molecule has 9 atom stereocenters. The number of unbranched alkanes of at least 4 members (excludes halogenated alkanes) is 4. The number of aromatic nitrogens is 8. The molecule has 0 spiro atoms. The molecule has 0 aliphatic carbocycles. The summed E-state index contributed by atoms with van der Waals surface area (Å²) in [7, 11) is -11.1. The number of fused-ring (bicyclic) bond motifs is 3. The Morgan fingerprint density at radius 1 is 0.846 bits per heavy atom. The minimum atomic E-state index is -5.59. The monoisotopic (exact) mass is 1140 g/mol. The van der Waals surface area contributed by atoms with Gasteiger partial charge in [-0.05, 0) is 112 Å². The van der Waals surface area contributed by atoms with Crippen LogP contribution in [-0.4, -0.2) is 174 Å². The minimum Gasteiger partial charge on any atom is -0.388 e. The van der Waals surface area contributed by atoms with Crippen molar-refractivity contribution in [2.75, 3.05) is 43.9 Å². The first-order chi connectivity index (χ1) is 37.3. The number of aryl methyl sites for hydroxylation is 2. The van der Waals surface area contributed by atoms with Crippen molar-refractivity contribution in [2.24, 2.45) is 20.0 Å². The van der Waals surface area contributed by atoms with Gasteiger partial charge in [-0.25, -0.2) is 33.9 Å². The third-order valence-electron chi connectivity index (χ3n) is 12.1. The number of ether oxygens (including phenoxy) is 1. The largest absolute Gasteiger partial charge is 0.481 e. The highest BCUT2D eigenvalue weighted by atomic mass is 32.1. The summed E-state index contributed by atoms with van der Waals surface area (Å²) in [6.07, 6.45) is 2.83. The molecular weight excluding hydrogens is 1080 g/mol. The number of benzene rings is 2. The molecule has 0 amide bonds. The standard InChI is InChI=1S/C47H61N13O15P2S/c1-28-21-32-33(22-29(28)2)59(44-38(56-32)45(66)58-47(67)57-44)23-34(61)39(63)35(62)24-72-76(68,69)75-77(70,71)73-25-36-40(64)41(65)46(74-36)60-27-55-37-42(53-26-54-43(37)60)52-18-17-48-13-5-3-7-15-50-30-9-11-31(12-10-30)51-16-8-4-6-14-49-19-20-78/h9-16,21-22,26-27,34-36,39-41,46,61-65,78H,3-8,17-20,23-25H2,1-2H3,(H,68,69)(H,70,71)(H,52,53,54)(H,58,66,67)/t34-,35+,36+,39-,40+,41+,46+/m0/s1. The molecule has 28 nitrogen and oxygen atoms in total. The zero-order valence-electron chi connectivity index (χ0n) is 42.3. The van der Waals surface area contributed by atoms with E-state index in [4.69, 9.17) is 9.26 Å². The van der Waals surface area contributed by atoms with E-state index in [9.17, 15) is 54.0 Å². The number of aliphatic hydroxyl groups excluding tert-OH is 5. The number of nitrogens with one attached hydrogen (secondary N) is 2. The Bertz CT molecular complexity index is 3290. The molecule has 0 saturated carbocycles. The number of imidazole rings is 1. The van der Waals surface area contributed by atoms with Gasteiger partial charge in [0.2, 0.25) is 0 Å². The Hall–Kier alpha value is -5.88. The zero-order chi connectivity index (χ0) is 56.0. The van der Waals surface area contributed by atoms with E-state index in [2.05, 4.69) is 71.7 Å². The second-order valence-corrected chi connectivity index (χ2v) is 21.3. The van der Waals surface area contributed by atoms with Gasteiger partial charge in [-0.3, -0.25) is 43.4 Å². The van der Waals surface area contributed by atoms with Gasteiger partial charge in [0.1, 0.15) is 43.0 Å². The van der Waals surface area contributed by atoms with Crippen molar-refractivity contribution in [3.05, 3.63) is 81.0 Å². The third-order valence-corrected chi connectivity index (χ3v) is 14.9. The van der Waals surface area contributed by atoms with Gasteiger partial charge in [-0.1, -0.05) is 0 Å². The van der Waals surface area contributed by atoms with Crippen LogP contribution in [0.1, 0.15) is 55.9 Å². The lowest BCUT2D eigenvalue weighted by Crippen LogP contribution is -2.42. The van der Waals surface area contributed by atoms with Crippen molar-refractivity contribution in [3.8, 4) is 11.5 Å².